The van der Waals surface area contributed by atoms with Gasteiger partial charge in [0.25, 0.3) is 5.69 Å². The maximum atomic E-state index is 12.8. The Morgan fingerprint density at radius 1 is 0.973 bits per heavy atom. The van der Waals surface area contributed by atoms with Crippen molar-refractivity contribution in [3.05, 3.63) is 105 Å². The number of nitro benzene ring substituents is 1. The van der Waals surface area contributed by atoms with Crippen LogP contribution in [0.4, 0.5) is 11.4 Å². The second kappa shape index (κ2) is 10.3. The third-order valence-electron chi connectivity index (χ3n) is 6.78. The largest absolute Gasteiger partial charge is 0.363 e. The highest BCUT2D eigenvalue weighted by molar-refractivity contribution is 6.09. The van der Waals surface area contributed by atoms with Crippen molar-refractivity contribution in [1.82, 2.24) is 15.0 Å². The molecule has 4 aromatic rings. The topological polar surface area (TPSA) is 106 Å². The number of piperazine rings is 1. The first-order valence-corrected chi connectivity index (χ1v) is 12.2. The van der Waals surface area contributed by atoms with E-state index < -0.39 is 4.92 Å². The van der Waals surface area contributed by atoms with Gasteiger partial charge >= 0.3 is 0 Å². The Hall–Kier alpha value is -4.37. The molecule has 1 aliphatic heterocycles. The van der Waals surface area contributed by atoms with Gasteiger partial charge in [-0.05, 0) is 26.0 Å². The zero-order valence-electron chi connectivity index (χ0n) is 20.7. The fourth-order valence-electron chi connectivity index (χ4n) is 4.57. The molecule has 1 aliphatic rings. The molecule has 0 N–H and O–H groups in total. The lowest BCUT2D eigenvalue weighted by molar-refractivity contribution is -0.384. The van der Waals surface area contributed by atoms with Crippen LogP contribution in [0.15, 0.2) is 77.3 Å². The van der Waals surface area contributed by atoms with Crippen LogP contribution in [0.5, 0.6) is 0 Å². The summed E-state index contributed by atoms with van der Waals surface area (Å²) < 4.78 is 5.56. The van der Waals surface area contributed by atoms with Crippen LogP contribution in [0.2, 0.25) is 0 Å². The lowest BCUT2D eigenvalue weighted by Crippen LogP contribution is -2.47. The fraction of sp³-hybridized carbons (Fsp3) is 0.250. The van der Waals surface area contributed by atoms with Crippen LogP contribution in [-0.4, -0.2) is 51.9 Å². The minimum atomic E-state index is -0.419. The van der Waals surface area contributed by atoms with Gasteiger partial charge in [0.15, 0.2) is 5.78 Å². The van der Waals surface area contributed by atoms with Crippen molar-refractivity contribution in [3.8, 4) is 11.4 Å². The molecule has 0 unspecified atom stereocenters. The molecular weight excluding hydrogens is 470 g/mol. The molecule has 0 radical (unpaired) electrons. The molecule has 0 saturated carbocycles. The van der Waals surface area contributed by atoms with E-state index in [0.717, 1.165) is 11.1 Å². The number of hydrogen-bond donors (Lipinski definition) is 0. The molecule has 1 fully saturated rings. The van der Waals surface area contributed by atoms with Gasteiger partial charge in [-0.1, -0.05) is 65.3 Å². The molecule has 1 aromatic heterocycles. The van der Waals surface area contributed by atoms with Gasteiger partial charge < -0.3 is 9.42 Å². The highest BCUT2D eigenvalue weighted by Crippen LogP contribution is 2.32. The standard InChI is InChI=1S/C28H27N5O4/c1-19-8-10-22(11-9-19)27-29-28(37-30-27)20(2)31-14-16-32(17-15-31)24-13-12-23(18-25(24)33(35)36)26(34)21-6-4-3-5-7-21/h3-13,18,20H,14-17H2,1-2H3/t20-/m0/s1. The number of carbonyl (C=O) groups excluding carboxylic acids is 1. The van der Waals surface area contributed by atoms with E-state index in [1.54, 1.807) is 36.4 Å². The molecule has 0 aliphatic carbocycles. The molecule has 3 aromatic carbocycles. The van der Waals surface area contributed by atoms with Gasteiger partial charge in [-0.3, -0.25) is 19.8 Å². The van der Waals surface area contributed by atoms with E-state index in [2.05, 4.69) is 15.0 Å². The third-order valence-corrected chi connectivity index (χ3v) is 6.78. The SMILES string of the molecule is Cc1ccc(-c2noc([C@H](C)N3CCN(c4ccc(C(=O)c5ccccc5)cc4[N+](=O)[O-])CC3)n2)cc1. The lowest BCUT2D eigenvalue weighted by atomic mass is 10.0. The van der Waals surface area contributed by atoms with Crippen molar-refractivity contribution in [2.45, 2.75) is 19.9 Å². The van der Waals surface area contributed by atoms with Crippen LogP contribution < -0.4 is 4.90 Å². The highest BCUT2D eigenvalue weighted by atomic mass is 16.6. The van der Waals surface area contributed by atoms with Crippen LogP contribution in [0.3, 0.4) is 0 Å². The summed E-state index contributed by atoms with van der Waals surface area (Å²) >= 11 is 0. The highest BCUT2D eigenvalue weighted by Gasteiger charge is 2.29. The minimum Gasteiger partial charge on any atom is -0.363 e. The Bertz CT molecular complexity index is 1410. The number of nitrogens with zero attached hydrogens (tertiary/aromatic N) is 5. The van der Waals surface area contributed by atoms with E-state index in [9.17, 15) is 14.9 Å². The fourth-order valence-corrected chi connectivity index (χ4v) is 4.57. The zero-order chi connectivity index (χ0) is 25.9. The second-order valence-corrected chi connectivity index (χ2v) is 9.18. The Balaban J connectivity index is 1.28. The van der Waals surface area contributed by atoms with Gasteiger partial charge in [0, 0.05) is 48.9 Å². The summed E-state index contributed by atoms with van der Waals surface area (Å²) in [6.45, 7) is 6.58. The summed E-state index contributed by atoms with van der Waals surface area (Å²) in [5.41, 5.74) is 3.31. The average Bonchev–Trinajstić information content (AvgIpc) is 3.43. The number of anilines is 1. The Morgan fingerprint density at radius 3 is 2.35 bits per heavy atom. The monoisotopic (exact) mass is 497 g/mol. The summed E-state index contributed by atoms with van der Waals surface area (Å²) in [6.07, 6.45) is 0. The number of carbonyl (C=O) groups is 1. The third kappa shape index (κ3) is 5.12. The summed E-state index contributed by atoms with van der Waals surface area (Å²) in [4.78, 5) is 33.1. The first-order chi connectivity index (χ1) is 17.9. The Morgan fingerprint density at radius 2 is 1.68 bits per heavy atom. The van der Waals surface area contributed by atoms with Crippen LogP contribution in [0.25, 0.3) is 11.4 Å². The number of aryl methyl sites for hydroxylation is 1. The normalized spacial score (nSPS) is 14.9. The van der Waals surface area contributed by atoms with Crippen molar-refractivity contribution < 1.29 is 14.2 Å². The van der Waals surface area contributed by atoms with Crippen LogP contribution in [0.1, 0.15) is 40.3 Å². The predicted octanol–water partition coefficient (Wildman–Crippen LogP) is 5.07. The predicted molar refractivity (Wildman–Crippen MR) is 140 cm³/mol. The van der Waals surface area contributed by atoms with Crippen molar-refractivity contribution in [2.24, 2.45) is 0 Å². The van der Waals surface area contributed by atoms with E-state index in [4.69, 9.17) is 4.52 Å². The summed E-state index contributed by atoms with van der Waals surface area (Å²) in [5, 5.41) is 16.0. The van der Waals surface area contributed by atoms with Crippen LogP contribution in [-0.2, 0) is 0 Å². The van der Waals surface area contributed by atoms with E-state index in [1.807, 2.05) is 49.1 Å². The van der Waals surface area contributed by atoms with Gasteiger partial charge in [-0.15, -0.1) is 0 Å². The van der Waals surface area contributed by atoms with Crippen molar-refractivity contribution >= 4 is 17.2 Å². The minimum absolute atomic E-state index is 0.0667. The zero-order valence-corrected chi connectivity index (χ0v) is 20.7. The summed E-state index contributed by atoms with van der Waals surface area (Å²) in [6, 6.07) is 21.4. The molecule has 188 valence electrons. The maximum Gasteiger partial charge on any atom is 0.293 e. The molecule has 9 heteroatoms. The number of hydrogen-bond acceptors (Lipinski definition) is 8. The molecule has 0 bridgehead atoms. The molecule has 1 atom stereocenters. The first kappa shape index (κ1) is 24.3. The molecule has 37 heavy (non-hydrogen) atoms. The van der Waals surface area contributed by atoms with Gasteiger partial charge in [-0.25, -0.2) is 0 Å². The summed E-state index contributed by atoms with van der Waals surface area (Å²) in [5.74, 6) is 0.860. The van der Waals surface area contributed by atoms with Crippen molar-refractivity contribution in [1.29, 1.82) is 0 Å². The van der Waals surface area contributed by atoms with Gasteiger partial charge in [-0.2, -0.15) is 4.98 Å². The van der Waals surface area contributed by atoms with E-state index >= 15 is 0 Å². The molecule has 0 spiro atoms. The van der Waals surface area contributed by atoms with Gasteiger partial charge in [0.05, 0.1) is 11.0 Å². The van der Waals surface area contributed by atoms with E-state index in [-0.39, 0.29) is 17.5 Å². The molecule has 2 heterocycles. The number of aromatic nitrogens is 2. The van der Waals surface area contributed by atoms with Gasteiger partial charge in [0.2, 0.25) is 11.7 Å². The second-order valence-electron chi connectivity index (χ2n) is 9.18. The van der Waals surface area contributed by atoms with Crippen LogP contribution in [0, 0.1) is 17.0 Å². The molecule has 5 rings (SSSR count). The van der Waals surface area contributed by atoms with E-state index in [1.165, 1.54) is 6.07 Å². The maximum absolute atomic E-state index is 12.8. The lowest BCUT2D eigenvalue weighted by Gasteiger charge is -2.37. The Labute approximate surface area is 214 Å². The Kier molecular flexibility index (Phi) is 6.78. The molecule has 1 saturated heterocycles. The molecule has 9 nitrogen and oxygen atoms in total. The van der Waals surface area contributed by atoms with Gasteiger partial charge in [0.1, 0.15) is 5.69 Å². The number of nitro groups is 1. The van der Waals surface area contributed by atoms with Crippen molar-refractivity contribution in [2.75, 3.05) is 31.1 Å². The first-order valence-electron chi connectivity index (χ1n) is 12.2. The number of rotatable bonds is 7. The van der Waals surface area contributed by atoms with Crippen LogP contribution >= 0.6 is 0 Å². The quantitative estimate of drug-likeness (QED) is 0.198. The molecule has 0 amide bonds. The average molecular weight is 498 g/mol. The summed E-state index contributed by atoms with van der Waals surface area (Å²) in [7, 11) is 0. The smallest absolute Gasteiger partial charge is 0.293 e. The van der Waals surface area contributed by atoms with E-state index in [0.29, 0.717) is 54.7 Å². The van der Waals surface area contributed by atoms with Crippen molar-refractivity contribution in [3.63, 3.8) is 0 Å². The molecular formula is C28H27N5O4. The number of benzene rings is 3. The number of ketones is 1.